The van der Waals surface area contributed by atoms with E-state index in [1.165, 1.54) is 31.5 Å². The second-order valence-corrected chi connectivity index (χ2v) is 9.12. The first-order valence-corrected chi connectivity index (χ1v) is 11.3. The zero-order chi connectivity index (χ0) is 20.6. The highest BCUT2D eigenvalue weighted by Crippen LogP contribution is 2.45. The number of benzene rings is 2. The average Bonchev–Trinajstić information content (AvgIpc) is 3.25. The van der Waals surface area contributed by atoms with Crippen molar-refractivity contribution >= 4 is 0 Å². The summed E-state index contributed by atoms with van der Waals surface area (Å²) in [7, 11) is 0. The molecule has 6 rings (SSSR count). The van der Waals surface area contributed by atoms with E-state index in [0.29, 0.717) is 11.8 Å². The SMILES string of the molecule is Cc1[nH]cc[n+]1-c1ccc(CCC(O)(c2ccccc2)C2CN3CCC2CC3)cc1. The molecule has 30 heavy (non-hydrogen) atoms. The van der Waals surface area contributed by atoms with Gasteiger partial charge in [-0.05, 0) is 68.0 Å². The van der Waals surface area contributed by atoms with Crippen molar-refractivity contribution in [2.45, 2.75) is 38.2 Å². The predicted octanol–water partition coefficient (Wildman–Crippen LogP) is 3.76. The van der Waals surface area contributed by atoms with Gasteiger partial charge in [-0.3, -0.25) is 0 Å². The van der Waals surface area contributed by atoms with E-state index >= 15 is 0 Å². The smallest absolute Gasteiger partial charge is 0.256 e. The largest absolute Gasteiger partial charge is 0.385 e. The van der Waals surface area contributed by atoms with Crippen molar-refractivity contribution in [1.82, 2.24) is 9.88 Å². The lowest BCUT2D eigenvalue weighted by Crippen LogP contribution is -2.55. The third-order valence-corrected chi connectivity index (χ3v) is 7.43. The van der Waals surface area contributed by atoms with Gasteiger partial charge in [0.1, 0.15) is 18.1 Å². The van der Waals surface area contributed by atoms with Crippen LogP contribution >= 0.6 is 0 Å². The summed E-state index contributed by atoms with van der Waals surface area (Å²) in [4.78, 5) is 5.77. The van der Waals surface area contributed by atoms with Crippen molar-refractivity contribution in [2.24, 2.45) is 11.8 Å². The Hall–Kier alpha value is -2.43. The summed E-state index contributed by atoms with van der Waals surface area (Å²) in [5.41, 5.74) is 2.76. The molecular formula is C26H32N3O+. The molecule has 4 heterocycles. The molecule has 3 aromatic rings. The average molecular weight is 403 g/mol. The number of hydrogen-bond acceptors (Lipinski definition) is 2. The van der Waals surface area contributed by atoms with E-state index in [0.717, 1.165) is 36.5 Å². The Morgan fingerprint density at radius 2 is 1.80 bits per heavy atom. The number of fused-ring (bicyclic) bond motifs is 3. The number of piperidine rings is 3. The number of rotatable bonds is 6. The van der Waals surface area contributed by atoms with Crippen molar-refractivity contribution in [1.29, 1.82) is 0 Å². The van der Waals surface area contributed by atoms with E-state index < -0.39 is 5.60 Å². The van der Waals surface area contributed by atoms with Gasteiger partial charge in [0.15, 0.2) is 0 Å². The number of nitrogens with zero attached hydrogens (tertiary/aromatic N) is 2. The third-order valence-electron chi connectivity index (χ3n) is 7.43. The fraction of sp³-hybridized carbons (Fsp3) is 0.423. The van der Waals surface area contributed by atoms with E-state index in [9.17, 15) is 5.11 Å². The molecule has 2 atom stereocenters. The summed E-state index contributed by atoms with van der Waals surface area (Å²) in [5, 5.41) is 12.1. The molecule has 3 saturated heterocycles. The van der Waals surface area contributed by atoms with Crippen LogP contribution in [0.1, 0.15) is 36.2 Å². The number of imidazole rings is 1. The van der Waals surface area contributed by atoms with E-state index in [-0.39, 0.29) is 0 Å². The van der Waals surface area contributed by atoms with Gasteiger partial charge in [0, 0.05) is 19.4 Å². The first kappa shape index (κ1) is 19.5. The van der Waals surface area contributed by atoms with Crippen LogP contribution in [0.2, 0.25) is 0 Å². The Balaban J connectivity index is 1.37. The van der Waals surface area contributed by atoms with Gasteiger partial charge in [-0.2, -0.15) is 0 Å². The molecule has 4 heteroatoms. The number of aryl methyl sites for hydroxylation is 2. The van der Waals surface area contributed by atoms with Crippen LogP contribution in [0.5, 0.6) is 0 Å². The summed E-state index contributed by atoms with van der Waals surface area (Å²) in [5.74, 6) is 2.07. The van der Waals surface area contributed by atoms with Gasteiger partial charge in [-0.15, -0.1) is 0 Å². The minimum Gasteiger partial charge on any atom is -0.385 e. The zero-order valence-electron chi connectivity index (χ0n) is 17.8. The van der Waals surface area contributed by atoms with Gasteiger partial charge in [-0.25, -0.2) is 9.55 Å². The predicted molar refractivity (Wildman–Crippen MR) is 118 cm³/mol. The maximum atomic E-state index is 12.1. The lowest BCUT2D eigenvalue weighted by Gasteiger charge is -2.51. The minimum absolute atomic E-state index is 0.319. The summed E-state index contributed by atoms with van der Waals surface area (Å²) < 4.78 is 2.15. The molecule has 3 fully saturated rings. The molecule has 0 saturated carbocycles. The van der Waals surface area contributed by atoms with Gasteiger partial charge < -0.3 is 10.0 Å². The van der Waals surface area contributed by atoms with E-state index in [1.54, 1.807) is 0 Å². The fourth-order valence-corrected chi connectivity index (χ4v) is 5.63. The molecule has 3 aliphatic rings. The van der Waals surface area contributed by atoms with Crippen LogP contribution in [0.4, 0.5) is 0 Å². The number of hydrogen-bond donors (Lipinski definition) is 2. The maximum Gasteiger partial charge on any atom is 0.256 e. The fourth-order valence-electron chi connectivity index (χ4n) is 5.63. The number of nitrogens with one attached hydrogen (secondary N) is 1. The Labute approximate surface area is 179 Å². The molecule has 0 amide bonds. The molecule has 2 N–H and O–H groups in total. The van der Waals surface area contributed by atoms with Gasteiger partial charge in [0.2, 0.25) is 0 Å². The van der Waals surface area contributed by atoms with Crippen LogP contribution in [-0.4, -0.2) is 34.6 Å². The van der Waals surface area contributed by atoms with Gasteiger partial charge in [0.25, 0.3) is 5.82 Å². The third kappa shape index (κ3) is 3.59. The van der Waals surface area contributed by atoms with Crippen LogP contribution in [0.15, 0.2) is 67.0 Å². The summed E-state index contributed by atoms with van der Waals surface area (Å²) in [6, 6.07) is 19.2. The number of H-pyrrole nitrogens is 1. The van der Waals surface area contributed by atoms with E-state index in [1.807, 2.05) is 18.5 Å². The highest BCUT2D eigenvalue weighted by molar-refractivity contribution is 5.29. The number of aromatic amines is 1. The van der Waals surface area contributed by atoms with E-state index in [4.69, 9.17) is 0 Å². The van der Waals surface area contributed by atoms with Gasteiger partial charge in [0.05, 0.1) is 5.60 Å². The van der Waals surface area contributed by atoms with Crippen molar-refractivity contribution in [2.75, 3.05) is 19.6 Å². The Kier molecular flexibility index (Phi) is 5.21. The molecule has 4 nitrogen and oxygen atoms in total. The summed E-state index contributed by atoms with van der Waals surface area (Å²) >= 11 is 0. The maximum absolute atomic E-state index is 12.1. The second kappa shape index (κ2) is 8.01. The second-order valence-electron chi connectivity index (χ2n) is 9.12. The lowest BCUT2D eigenvalue weighted by atomic mass is 9.66. The highest BCUT2D eigenvalue weighted by Gasteiger charge is 2.47. The number of aliphatic hydroxyl groups is 1. The van der Waals surface area contributed by atoms with Crippen LogP contribution in [-0.2, 0) is 12.0 Å². The quantitative estimate of drug-likeness (QED) is 0.617. The topological polar surface area (TPSA) is 43.1 Å². The summed E-state index contributed by atoms with van der Waals surface area (Å²) in [6.45, 7) is 5.49. The first-order valence-electron chi connectivity index (χ1n) is 11.3. The molecule has 0 spiro atoms. The normalized spacial score (nSPS) is 25.2. The minimum atomic E-state index is -0.768. The Morgan fingerprint density at radius 1 is 1.07 bits per heavy atom. The highest BCUT2D eigenvalue weighted by atomic mass is 16.3. The first-order chi connectivity index (χ1) is 14.6. The van der Waals surface area contributed by atoms with Crippen LogP contribution in [0.3, 0.4) is 0 Å². The molecule has 1 aromatic heterocycles. The van der Waals surface area contributed by atoms with Crippen molar-refractivity contribution in [3.63, 3.8) is 0 Å². The summed E-state index contributed by atoms with van der Waals surface area (Å²) in [6.07, 6.45) is 8.10. The molecule has 156 valence electrons. The van der Waals surface area contributed by atoms with Gasteiger partial charge in [-0.1, -0.05) is 42.5 Å². The van der Waals surface area contributed by atoms with Gasteiger partial charge >= 0.3 is 0 Å². The standard InChI is InChI=1S/C26H31N3O/c1-20-27-15-18-29(20)24-9-7-21(8-10-24)11-14-26(30,23-5-3-2-4-6-23)25-19-28-16-12-22(25)13-17-28/h2-10,15,18,22,25,30H,11-14,16-17,19H2,1H3/p+1. The van der Waals surface area contributed by atoms with E-state index in [2.05, 4.69) is 69.9 Å². The Morgan fingerprint density at radius 3 is 2.40 bits per heavy atom. The van der Waals surface area contributed by atoms with Crippen molar-refractivity contribution < 1.29 is 9.67 Å². The van der Waals surface area contributed by atoms with Crippen molar-refractivity contribution in [3.05, 3.63) is 83.9 Å². The molecule has 2 unspecified atom stereocenters. The molecule has 2 bridgehead atoms. The van der Waals surface area contributed by atoms with Crippen molar-refractivity contribution in [3.8, 4) is 5.69 Å². The molecule has 3 aliphatic heterocycles. The Bertz CT molecular complexity index is 973. The zero-order valence-corrected chi connectivity index (χ0v) is 17.8. The van der Waals surface area contributed by atoms with Crippen LogP contribution in [0, 0.1) is 18.8 Å². The molecular weight excluding hydrogens is 370 g/mol. The number of aromatic nitrogens is 2. The molecule has 0 radical (unpaired) electrons. The molecule has 0 aliphatic carbocycles. The monoisotopic (exact) mass is 402 g/mol. The van der Waals surface area contributed by atoms with Crippen LogP contribution < -0.4 is 4.57 Å². The molecule has 2 aromatic carbocycles. The van der Waals surface area contributed by atoms with Crippen LogP contribution in [0.25, 0.3) is 5.69 Å². The lowest BCUT2D eigenvalue weighted by molar-refractivity contribution is -0.601.